The molecule has 1 saturated carbocycles. The van der Waals surface area contributed by atoms with Gasteiger partial charge in [-0.1, -0.05) is 49.2 Å². The molecule has 3 aromatic rings. The fourth-order valence-corrected chi connectivity index (χ4v) is 5.80. The number of nitrogens with zero attached hydrogens (tertiary/aromatic N) is 1. The van der Waals surface area contributed by atoms with Crippen LogP contribution in [-0.2, 0) is 16.8 Å². The van der Waals surface area contributed by atoms with Crippen molar-refractivity contribution in [2.75, 3.05) is 5.32 Å². The molecule has 1 aliphatic carbocycles. The minimum absolute atomic E-state index is 0.138. The number of amides is 3. The van der Waals surface area contributed by atoms with Crippen molar-refractivity contribution < 1.29 is 22.8 Å². The SMILES string of the molecule is C[C@@H](NC(=O)[C@@H](Cc1ccccc1)N1C(=O)Nc2ccc(F)cc2C12CCCC2)c1ccc(F)cc1F. The standard InChI is InChI=1S/C29H28F3N3O2/c1-18(22-11-9-21(31)17-24(22)32)33-27(36)26(15-19-7-3-2-4-8-19)35-28(37)34-25-12-10-20(30)16-23(25)29(35)13-5-6-14-29/h2-4,7-12,16-18,26H,5-6,13-15H2,1H3,(H,33,36)(H,34,37)/t18-,26-/m1/s1. The summed E-state index contributed by atoms with van der Waals surface area (Å²) in [5.74, 6) is -2.35. The summed E-state index contributed by atoms with van der Waals surface area (Å²) < 4.78 is 42.3. The van der Waals surface area contributed by atoms with Crippen LogP contribution in [0.1, 0.15) is 55.3 Å². The van der Waals surface area contributed by atoms with E-state index in [0.29, 0.717) is 24.1 Å². The summed E-state index contributed by atoms with van der Waals surface area (Å²) in [5, 5.41) is 5.69. The Morgan fingerprint density at radius 1 is 1.00 bits per heavy atom. The summed E-state index contributed by atoms with van der Waals surface area (Å²) in [7, 11) is 0. The Balaban J connectivity index is 1.55. The fourth-order valence-electron chi connectivity index (χ4n) is 5.80. The lowest BCUT2D eigenvalue weighted by Crippen LogP contribution is -2.62. The zero-order valence-electron chi connectivity index (χ0n) is 20.4. The van der Waals surface area contributed by atoms with E-state index in [0.717, 1.165) is 30.5 Å². The number of anilines is 1. The van der Waals surface area contributed by atoms with Crippen LogP contribution in [0.25, 0.3) is 0 Å². The summed E-state index contributed by atoms with van der Waals surface area (Å²) in [6.07, 6.45) is 3.06. The third-order valence-corrected chi connectivity index (χ3v) is 7.51. The maximum absolute atomic E-state index is 14.5. The molecule has 3 amide bonds. The topological polar surface area (TPSA) is 61.4 Å². The molecule has 0 unspecified atom stereocenters. The number of halogens is 3. The van der Waals surface area contributed by atoms with E-state index < -0.39 is 47.0 Å². The smallest absolute Gasteiger partial charge is 0.323 e. The number of nitrogens with one attached hydrogen (secondary N) is 2. The van der Waals surface area contributed by atoms with E-state index >= 15 is 0 Å². The predicted octanol–water partition coefficient (Wildman–Crippen LogP) is 6.21. The first-order chi connectivity index (χ1) is 17.8. The van der Waals surface area contributed by atoms with Gasteiger partial charge in [-0.2, -0.15) is 0 Å². The monoisotopic (exact) mass is 507 g/mol. The van der Waals surface area contributed by atoms with Gasteiger partial charge in [-0.15, -0.1) is 0 Å². The molecule has 37 heavy (non-hydrogen) atoms. The lowest BCUT2D eigenvalue weighted by atomic mass is 9.81. The van der Waals surface area contributed by atoms with Crippen LogP contribution in [0.2, 0.25) is 0 Å². The zero-order valence-corrected chi connectivity index (χ0v) is 20.4. The van der Waals surface area contributed by atoms with Crippen molar-refractivity contribution in [3.05, 3.63) is 101 Å². The van der Waals surface area contributed by atoms with Crippen molar-refractivity contribution in [3.63, 3.8) is 0 Å². The van der Waals surface area contributed by atoms with E-state index in [-0.39, 0.29) is 12.0 Å². The molecule has 3 aromatic carbocycles. The number of benzene rings is 3. The van der Waals surface area contributed by atoms with Crippen molar-refractivity contribution in [1.29, 1.82) is 0 Å². The van der Waals surface area contributed by atoms with Crippen LogP contribution in [0.5, 0.6) is 0 Å². The van der Waals surface area contributed by atoms with Crippen LogP contribution in [0, 0.1) is 17.5 Å². The van der Waals surface area contributed by atoms with Gasteiger partial charge in [-0.25, -0.2) is 18.0 Å². The van der Waals surface area contributed by atoms with Gasteiger partial charge in [0.25, 0.3) is 0 Å². The Morgan fingerprint density at radius 3 is 2.38 bits per heavy atom. The molecular weight excluding hydrogens is 479 g/mol. The summed E-state index contributed by atoms with van der Waals surface area (Å²) in [6.45, 7) is 1.61. The Bertz CT molecular complexity index is 1330. The van der Waals surface area contributed by atoms with E-state index in [9.17, 15) is 22.8 Å². The molecule has 1 spiro atoms. The van der Waals surface area contributed by atoms with Crippen molar-refractivity contribution in [3.8, 4) is 0 Å². The number of hydrogen-bond donors (Lipinski definition) is 2. The van der Waals surface area contributed by atoms with Crippen LogP contribution in [0.3, 0.4) is 0 Å². The highest BCUT2D eigenvalue weighted by molar-refractivity contribution is 5.97. The Labute approximate surface area is 213 Å². The maximum Gasteiger partial charge on any atom is 0.323 e. The number of rotatable bonds is 6. The molecule has 1 heterocycles. The van der Waals surface area contributed by atoms with Gasteiger partial charge in [0.15, 0.2) is 0 Å². The first-order valence-corrected chi connectivity index (χ1v) is 12.5. The van der Waals surface area contributed by atoms with Crippen LogP contribution in [-0.4, -0.2) is 22.9 Å². The van der Waals surface area contributed by atoms with Crippen molar-refractivity contribution in [2.45, 2.75) is 56.7 Å². The molecule has 0 aromatic heterocycles. The molecule has 192 valence electrons. The van der Waals surface area contributed by atoms with Gasteiger partial charge in [0, 0.05) is 29.3 Å². The summed E-state index contributed by atoms with van der Waals surface area (Å²) >= 11 is 0. The molecule has 8 heteroatoms. The third kappa shape index (κ3) is 4.68. The van der Waals surface area contributed by atoms with Crippen LogP contribution >= 0.6 is 0 Å². The van der Waals surface area contributed by atoms with E-state index in [4.69, 9.17) is 0 Å². The van der Waals surface area contributed by atoms with Gasteiger partial charge in [-0.05, 0) is 49.6 Å². The van der Waals surface area contributed by atoms with E-state index in [1.165, 1.54) is 18.2 Å². The van der Waals surface area contributed by atoms with Gasteiger partial charge in [0.05, 0.1) is 11.6 Å². The lowest BCUT2D eigenvalue weighted by molar-refractivity contribution is -0.128. The van der Waals surface area contributed by atoms with Gasteiger partial charge in [0.1, 0.15) is 23.5 Å². The first kappa shape index (κ1) is 24.9. The van der Waals surface area contributed by atoms with Crippen molar-refractivity contribution >= 4 is 17.6 Å². The maximum atomic E-state index is 14.5. The fraction of sp³-hybridized carbons (Fsp3) is 0.310. The molecule has 5 nitrogen and oxygen atoms in total. The highest BCUT2D eigenvalue weighted by atomic mass is 19.1. The molecule has 1 fully saturated rings. The second-order valence-corrected chi connectivity index (χ2v) is 9.83. The Morgan fingerprint density at radius 2 is 1.68 bits per heavy atom. The van der Waals surface area contributed by atoms with Gasteiger partial charge in [-0.3, -0.25) is 4.79 Å². The van der Waals surface area contributed by atoms with Crippen molar-refractivity contribution in [1.82, 2.24) is 10.2 Å². The molecule has 2 N–H and O–H groups in total. The number of urea groups is 1. The number of fused-ring (bicyclic) bond motifs is 2. The predicted molar refractivity (Wildman–Crippen MR) is 134 cm³/mol. The number of hydrogen-bond acceptors (Lipinski definition) is 2. The highest BCUT2D eigenvalue weighted by Crippen LogP contribution is 2.50. The summed E-state index contributed by atoms with van der Waals surface area (Å²) in [5.41, 5.74) is 1.34. The van der Waals surface area contributed by atoms with E-state index in [2.05, 4.69) is 10.6 Å². The molecule has 5 rings (SSSR count). The molecule has 2 atom stereocenters. The number of carbonyl (C=O) groups is 2. The lowest BCUT2D eigenvalue weighted by Gasteiger charge is -2.49. The summed E-state index contributed by atoms with van der Waals surface area (Å²) in [4.78, 5) is 29.1. The van der Waals surface area contributed by atoms with E-state index in [1.54, 1.807) is 17.9 Å². The Hall–Kier alpha value is -3.81. The molecular formula is C29H28F3N3O2. The average Bonchev–Trinajstić information content (AvgIpc) is 3.34. The van der Waals surface area contributed by atoms with Gasteiger partial charge >= 0.3 is 6.03 Å². The minimum Gasteiger partial charge on any atom is -0.348 e. The second-order valence-electron chi connectivity index (χ2n) is 9.83. The summed E-state index contributed by atoms with van der Waals surface area (Å²) in [6, 6.07) is 14.7. The average molecular weight is 508 g/mol. The molecule has 0 bridgehead atoms. The van der Waals surface area contributed by atoms with Crippen molar-refractivity contribution in [2.24, 2.45) is 0 Å². The molecule has 0 saturated heterocycles. The quantitative estimate of drug-likeness (QED) is 0.417. The van der Waals surface area contributed by atoms with Gasteiger partial charge < -0.3 is 15.5 Å². The zero-order chi connectivity index (χ0) is 26.2. The Kier molecular flexibility index (Phi) is 6.67. The first-order valence-electron chi connectivity index (χ1n) is 12.5. The van der Waals surface area contributed by atoms with Crippen LogP contribution in [0.15, 0.2) is 66.7 Å². The molecule has 0 radical (unpaired) electrons. The highest BCUT2D eigenvalue weighted by Gasteiger charge is 2.52. The second kappa shape index (κ2) is 9.92. The van der Waals surface area contributed by atoms with Crippen LogP contribution in [0.4, 0.5) is 23.7 Å². The molecule has 2 aliphatic rings. The van der Waals surface area contributed by atoms with Gasteiger partial charge in [0.2, 0.25) is 5.91 Å². The van der Waals surface area contributed by atoms with E-state index in [1.807, 2.05) is 30.3 Å². The largest absolute Gasteiger partial charge is 0.348 e. The molecule has 1 aliphatic heterocycles. The number of carbonyl (C=O) groups excluding carboxylic acids is 2. The normalized spacial score (nSPS) is 17.7. The van der Waals surface area contributed by atoms with Crippen LogP contribution < -0.4 is 10.6 Å². The third-order valence-electron chi connectivity index (χ3n) is 7.51. The minimum atomic E-state index is -0.956.